The molecule has 25 heavy (non-hydrogen) atoms. The molecule has 3 aromatic rings. The summed E-state index contributed by atoms with van der Waals surface area (Å²) in [6.07, 6.45) is 1.40. The molecule has 1 N–H and O–H groups in total. The van der Waals surface area contributed by atoms with E-state index in [1.165, 1.54) is 6.21 Å². The monoisotopic (exact) mass is 392 g/mol. The van der Waals surface area contributed by atoms with Crippen LogP contribution in [0.25, 0.3) is 11.3 Å². The number of hydrazone groups is 1. The zero-order chi connectivity index (χ0) is 17.8. The lowest BCUT2D eigenvalue weighted by atomic mass is 10.2. The normalized spacial score (nSPS) is 11.0. The number of carbonyl (C=O) groups excluding carboxylic acids is 1. The number of carbonyl (C=O) groups is 1. The van der Waals surface area contributed by atoms with Gasteiger partial charge in [-0.3, -0.25) is 4.79 Å². The van der Waals surface area contributed by atoms with Crippen molar-refractivity contribution in [3.8, 4) is 11.3 Å². The van der Waals surface area contributed by atoms with Gasteiger partial charge < -0.3 is 4.42 Å². The Morgan fingerprint density at radius 1 is 0.960 bits per heavy atom. The molecule has 1 aromatic heterocycles. The van der Waals surface area contributed by atoms with E-state index in [2.05, 4.69) is 10.5 Å². The third-order valence-corrected chi connectivity index (χ3v) is 4.09. The van der Waals surface area contributed by atoms with E-state index in [9.17, 15) is 4.79 Å². The van der Waals surface area contributed by atoms with Gasteiger partial charge in [0.05, 0.1) is 11.2 Å². The van der Waals surface area contributed by atoms with Crippen molar-refractivity contribution in [1.82, 2.24) is 5.43 Å². The van der Waals surface area contributed by atoms with E-state index in [0.29, 0.717) is 32.2 Å². The van der Waals surface area contributed by atoms with E-state index >= 15 is 0 Å². The molecule has 1 amide bonds. The van der Waals surface area contributed by atoms with Gasteiger partial charge in [0, 0.05) is 21.2 Å². The van der Waals surface area contributed by atoms with E-state index in [4.69, 9.17) is 39.2 Å². The molecular formula is C18H11Cl3N2O2. The minimum absolute atomic E-state index is 0.347. The average molecular weight is 394 g/mol. The number of nitrogens with one attached hydrogen (secondary N) is 1. The van der Waals surface area contributed by atoms with Crippen LogP contribution in [0.4, 0.5) is 0 Å². The lowest BCUT2D eigenvalue weighted by molar-refractivity contribution is 0.0955. The van der Waals surface area contributed by atoms with Gasteiger partial charge in [0.2, 0.25) is 0 Å². The van der Waals surface area contributed by atoms with Crippen molar-refractivity contribution in [1.29, 1.82) is 0 Å². The summed E-state index contributed by atoms with van der Waals surface area (Å²) in [5.74, 6) is 0.699. The van der Waals surface area contributed by atoms with Crippen LogP contribution in [-0.4, -0.2) is 12.1 Å². The number of rotatable bonds is 4. The van der Waals surface area contributed by atoms with Gasteiger partial charge in [0.15, 0.2) is 0 Å². The Labute approximate surface area is 159 Å². The van der Waals surface area contributed by atoms with Crippen LogP contribution in [0.15, 0.2) is 64.1 Å². The fourth-order valence-electron chi connectivity index (χ4n) is 2.08. The molecule has 0 spiro atoms. The van der Waals surface area contributed by atoms with E-state index in [1.54, 1.807) is 54.6 Å². The molecular weight excluding hydrogens is 383 g/mol. The number of hydrogen-bond acceptors (Lipinski definition) is 3. The summed E-state index contributed by atoms with van der Waals surface area (Å²) in [6, 6.07) is 15.1. The number of halogens is 3. The molecule has 126 valence electrons. The molecule has 0 atom stereocenters. The smallest absolute Gasteiger partial charge is 0.271 e. The molecule has 4 nitrogen and oxygen atoms in total. The van der Waals surface area contributed by atoms with Gasteiger partial charge in [0.25, 0.3) is 5.91 Å². The summed E-state index contributed by atoms with van der Waals surface area (Å²) >= 11 is 17.8. The third-order valence-electron chi connectivity index (χ3n) is 3.29. The average Bonchev–Trinajstić information content (AvgIpc) is 3.04. The standard InChI is InChI=1S/C18H11Cl3N2O2/c19-12-3-1-11(2-4-12)18(24)23-22-10-14-6-8-17(25-14)15-7-5-13(20)9-16(15)21/h1-10H,(H,23,24)/b22-10+. The van der Waals surface area contributed by atoms with E-state index < -0.39 is 0 Å². The molecule has 0 aliphatic heterocycles. The minimum atomic E-state index is -0.347. The Morgan fingerprint density at radius 3 is 2.40 bits per heavy atom. The Balaban J connectivity index is 1.67. The maximum Gasteiger partial charge on any atom is 0.271 e. The van der Waals surface area contributed by atoms with Gasteiger partial charge >= 0.3 is 0 Å². The Kier molecular flexibility index (Phi) is 5.43. The molecule has 0 bridgehead atoms. The maximum absolute atomic E-state index is 11.9. The molecule has 0 saturated heterocycles. The van der Waals surface area contributed by atoms with Crippen LogP contribution in [0.5, 0.6) is 0 Å². The van der Waals surface area contributed by atoms with Gasteiger partial charge in [-0.05, 0) is 54.6 Å². The second-order valence-electron chi connectivity index (χ2n) is 5.03. The van der Waals surface area contributed by atoms with Gasteiger partial charge in [-0.25, -0.2) is 5.43 Å². The Hall–Kier alpha value is -2.27. The molecule has 0 unspecified atom stereocenters. The van der Waals surface area contributed by atoms with Crippen LogP contribution in [0.1, 0.15) is 16.1 Å². The van der Waals surface area contributed by atoms with Crippen molar-refractivity contribution in [2.45, 2.75) is 0 Å². The van der Waals surface area contributed by atoms with Crippen LogP contribution in [-0.2, 0) is 0 Å². The zero-order valence-electron chi connectivity index (χ0n) is 12.7. The largest absolute Gasteiger partial charge is 0.455 e. The van der Waals surface area contributed by atoms with Crippen molar-refractivity contribution in [2.24, 2.45) is 5.10 Å². The van der Waals surface area contributed by atoms with Crippen molar-refractivity contribution in [2.75, 3.05) is 0 Å². The molecule has 7 heteroatoms. The van der Waals surface area contributed by atoms with Crippen LogP contribution >= 0.6 is 34.8 Å². The molecule has 1 heterocycles. The van der Waals surface area contributed by atoms with Crippen LogP contribution in [0.2, 0.25) is 15.1 Å². The molecule has 3 rings (SSSR count). The van der Waals surface area contributed by atoms with E-state index in [-0.39, 0.29) is 5.91 Å². The SMILES string of the molecule is O=C(N/N=C/c1ccc(-c2ccc(Cl)cc2Cl)o1)c1ccc(Cl)cc1. The second kappa shape index (κ2) is 7.74. The highest BCUT2D eigenvalue weighted by Gasteiger charge is 2.09. The first-order valence-electron chi connectivity index (χ1n) is 7.17. The zero-order valence-corrected chi connectivity index (χ0v) is 14.9. The van der Waals surface area contributed by atoms with Gasteiger partial charge in [0.1, 0.15) is 11.5 Å². The quantitative estimate of drug-likeness (QED) is 0.458. The lowest BCUT2D eigenvalue weighted by Crippen LogP contribution is -2.17. The summed E-state index contributed by atoms with van der Waals surface area (Å²) in [4.78, 5) is 11.9. The van der Waals surface area contributed by atoms with E-state index in [1.807, 2.05) is 0 Å². The first kappa shape index (κ1) is 17.5. The van der Waals surface area contributed by atoms with Crippen molar-refractivity contribution >= 4 is 46.9 Å². The molecule has 0 aliphatic rings. The lowest BCUT2D eigenvalue weighted by Gasteiger charge is -2.01. The van der Waals surface area contributed by atoms with E-state index in [0.717, 1.165) is 5.56 Å². The van der Waals surface area contributed by atoms with Gasteiger partial charge in [-0.1, -0.05) is 34.8 Å². The molecule has 2 aromatic carbocycles. The predicted molar refractivity (Wildman–Crippen MR) is 101 cm³/mol. The Bertz CT molecular complexity index is 934. The number of benzene rings is 2. The topological polar surface area (TPSA) is 54.6 Å². The maximum atomic E-state index is 11.9. The Morgan fingerprint density at radius 2 is 1.68 bits per heavy atom. The summed E-state index contributed by atoms with van der Waals surface area (Å²) in [7, 11) is 0. The van der Waals surface area contributed by atoms with Gasteiger partial charge in [-0.2, -0.15) is 5.10 Å². The molecule has 0 fully saturated rings. The summed E-state index contributed by atoms with van der Waals surface area (Å²) in [5.41, 5.74) is 3.59. The summed E-state index contributed by atoms with van der Waals surface area (Å²) in [5, 5.41) is 5.47. The number of nitrogens with zero attached hydrogens (tertiary/aromatic N) is 1. The minimum Gasteiger partial charge on any atom is -0.455 e. The summed E-state index contributed by atoms with van der Waals surface area (Å²) in [6.45, 7) is 0. The third kappa shape index (κ3) is 4.42. The fourth-order valence-corrected chi connectivity index (χ4v) is 2.70. The number of hydrogen-bond donors (Lipinski definition) is 1. The molecule has 0 radical (unpaired) electrons. The predicted octanol–water partition coefficient (Wildman–Crippen LogP) is 5.67. The van der Waals surface area contributed by atoms with Crippen molar-refractivity contribution in [3.05, 3.63) is 81.0 Å². The second-order valence-corrected chi connectivity index (χ2v) is 6.31. The van der Waals surface area contributed by atoms with Crippen molar-refractivity contribution < 1.29 is 9.21 Å². The highest BCUT2D eigenvalue weighted by Crippen LogP contribution is 2.31. The molecule has 0 saturated carbocycles. The molecule has 0 aliphatic carbocycles. The highest BCUT2D eigenvalue weighted by atomic mass is 35.5. The first-order valence-corrected chi connectivity index (χ1v) is 8.30. The fraction of sp³-hybridized carbons (Fsp3) is 0. The first-order chi connectivity index (χ1) is 12.0. The van der Waals surface area contributed by atoms with Crippen LogP contribution in [0, 0.1) is 0 Å². The number of furan rings is 1. The van der Waals surface area contributed by atoms with Gasteiger partial charge in [-0.15, -0.1) is 0 Å². The van der Waals surface area contributed by atoms with Crippen LogP contribution in [0.3, 0.4) is 0 Å². The number of amides is 1. The van der Waals surface area contributed by atoms with Crippen LogP contribution < -0.4 is 5.43 Å². The summed E-state index contributed by atoms with van der Waals surface area (Å²) < 4.78 is 5.65. The van der Waals surface area contributed by atoms with Crippen molar-refractivity contribution in [3.63, 3.8) is 0 Å². The highest BCUT2D eigenvalue weighted by molar-refractivity contribution is 6.36.